The maximum Gasteiger partial charge on any atom is 0.346 e. The zero-order valence-corrected chi connectivity index (χ0v) is 12.7. The van der Waals surface area contributed by atoms with E-state index in [2.05, 4.69) is 0 Å². The van der Waals surface area contributed by atoms with Gasteiger partial charge < -0.3 is 18.9 Å². The molecule has 0 saturated carbocycles. The summed E-state index contributed by atoms with van der Waals surface area (Å²) in [4.78, 5) is 23.7. The lowest BCUT2D eigenvalue weighted by Gasteiger charge is -2.17. The van der Waals surface area contributed by atoms with Gasteiger partial charge in [-0.25, -0.2) is 9.59 Å². The molecule has 0 spiro atoms. The summed E-state index contributed by atoms with van der Waals surface area (Å²) >= 11 is 0. The van der Waals surface area contributed by atoms with Gasteiger partial charge in [0.2, 0.25) is 0 Å². The SMILES string of the molecule is COCCOCCOc1cc2c3c(cccc3c1)C(=O)OC2=O. The molecule has 6 heteroatoms. The molecule has 2 aromatic carbocycles. The quantitative estimate of drug-likeness (QED) is 0.443. The third-order valence-corrected chi connectivity index (χ3v) is 3.50. The second kappa shape index (κ2) is 6.76. The average Bonchev–Trinajstić information content (AvgIpc) is 2.55. The predicted molar refractivity (Wildman–Crippen MR) is 81.9 cm³/mol. The molecule has 23 heavy (non-hydrogen) atoms. The van der Waals surface area contributed by atoms with Crippen LogP contribution >= 0.6 is 0 Å². The van der Waals surface area contributed by atoms with Gasteiger partial charge in [0.05, 0.1) is 30.9 Å². The van der Waals surface area contributed by atoms with Gasteiger partial charge in [0.15, 0.2) is 0 Å². The molecule has 1 aliphatic rings. The van der Waals surface area contributed by atoms with Crippen LogP contribution in [-0.2, 0) is 14.2 Å². The van der Waals surface area contributed by atoms with E-state index in [9.17, 15) is 9.59 Å². The summed E-state index contributed by atoms with van der Waals surface area (Å²) in [5.74, 6) is -0.736. The number of methoxy groups -OCH3 is 1. The number of hydrogen-bond acceptors (Lipinski definition) is 6. The van der Waals surface area contributed by atoms with E-state index in [1.807, 2.05) is 6.07 Å². The Balaban J connectivity index is 1.79. The van der Waals surface area contributed by atoms with Gasteiger partial charge in [0, 0.05) is 12.5 Å². The second-order valence-electron chi connectivity index (χ2n) is 5.01. The molecule has 0 aliphatic carbocycles. The normalized spacial score (nSPS) is 13.3. The summed E-state index contributed by atoms with van der Waals surface area (Å²) in [6.45, 7) is 1.80. The van der Waals surface area contributed by atoms with Crippen LogP contribution in [0.25, 0.3) is 10.8 Å². The molecule has 0 radical (unpaired) electrons. The molecule has 1 aliphatic heterocycles. The van der Waals surface area contributed by atoms with Crippen LogP contribution in [-0.4, -0.2) is 45.5 Å². The van der Waals surface area contributed by atoms with Crippen molar-refractivity contribution in [3.05, 3.63) is 41.5 Å². The Labute approximate surface area is 132 Å². The minimum Gasteiger partial charge on any atom is -0.491 e. The topological polar surface area (TPSA) is 71.1 Å². The molecule has 0 unspecified atom stereocenters. The van der Waals surface area contributed by atoms with E-state index in [1.54, 1.807) is 31.4 Å². The molecule has 0 amide bonds. The molecule has 0 N–H and O–H groups in total. The number of cyclic esters (lactones) is 2. The van der Waals surface area contributed by atoms with Crippen molar-refractivity contribution in [3.8, 4) is 5.75 Å². The largest absolute Gasteiger partial charge is 0.491 e. The zero-order valence-electron chi connectivity index (χ0n) is 12.7. The summed E-state index contributed by atoms with van der Waals surface area (Å²) in [5.41, 5.74) is 0.736. The Morgan fingerprint density at radius 1 is 0.957 bits per heavy atom. The first-order valence-corrected chi connectivity index (χ1v) is 7.23. The van der Waals surface area contributed by atoms with Crippen molar-refractivity contribution in [1.82, 2.24) is 0 Å². The van der Waals surface area contributed by atoms with Crippen LogP contribution in [0.5, 0.6) is 5.75 Å². The van der Waals surface area contributed by atoms with Crippen molar-refractivity contribution in [2.75, 3.05) is 33.5 Å². The van der Waals surface area contributed by atoms with Crippen molar-refractivity contribution in [2.24, 2.45) is 0 Å². The zero-order chi connectivity index (χ0) is 16.2. The fraction of sp³-hybridized carbons (Fsp3) is 0.294. The number of rotatable bonds is 7. The van der Waals surface area contributed by atoms with Gasteiger partial charge in [0.25, 0.3) is 0 Å². The number of esters is 2. The van der Waals surface area contributed by atoms with E-state index in [4.69, 9.17) is 18.9 Å². The van der Waals surface area contributed by atoms with Crippen LogP contribution in [0.4, 0.5) is 0 Å². The molecule has 0 atom stereocenters. The molecule has 6 nitrogen and oxygen atoms in total. The molecule has 0 saturated heterocycles. The van der Waals surface area contributed by atoms with E-state index < -0.39 is 11.9 Å². The first-order valence-electron chi connectivity index (χ1n) is 7.23. The van der Waals surface area contributed by atoms with Crippen molar-refractivity contribution in [1.29, 1.82) is 0 Å². The van der Waals surface area contributed by atoms with Crippen LogP contribution in [0.2, 0.25) is 0 Å². The minimum atomic E-state index is -0.652. The van der Waals surface area contributed by atoms with Crippen LogP contribution in [0, 0.1) is 0 Å². The average molecular weight is 316 g/mol. The third-order valence-electron chi connectivity index (χ3n) is 3.50. The molecule has 0 fully saturated rings. The lowest BCUT2D eigenvalue weighted by Crippen LogP contribution is -2.19. The van der Waals surface area contributed by atoms with Gasteiger partial charge in [-0.2, -0.15) is 0 Å². The highest BCUT2D eigenvalue weighted by Gasteiger charge is 2.27. The number of carbonyl (C=O) groups is 2. The Hall–Kier alpha value is -2.44. The second-order valence-corrected chi connectivity index (χ2v) is 5.01. The fourth-order valence-corrected chi connectivity index (χ4v) is 2.47. The molecule has 0 bridgehead atoms. The number of hydrogen-bond donors (Lipinski definition) is 0. The van der Waals surface area contributed by atoms with E-state index >= 15 is 0 Å². The van der Waals surface area contributed by atoms with Gasteiger partial charge >= 0.3 is 11.9 Å². The summed E-state index contributed by atoms with van der Waals surface area (Å²) < 4.78 is 20.6. The highest BCUT2D eigenvalue weighted by atomic mass is 16.6. The smallest absolute Gasteiger partial charge is 0.346 e. The molecular weight excluding hydrogens is 300 g/mol. The maximum atomic E-state index is 11.9. The first kappa shape index (κ1) is 15.5. The van der Waals surface area contributed by atoms with Crippen molar-refractivity contribution >= 4 is 22.7 Å². The lowest BCUT2D eigenvalue weighted by atomic mass is 9.97. The number of benzene rings is 2. The molecule has 120 valence electrons. The van der Waals surface area contributed by atoms with Crippen LogP contribution in [0.15, 0.2) is 30.3 Å². The van der Waals surface area contributed by atoms with Crippen molar-refractivity contribution in [3.63, 3.8) is 0 Å². The van der Waals surface area contributed by atoms with Gasteiger partial charge in [-0.3, -0.25) is 0 Å². The molecule has 1 heterocycles. The van der Waals surface area contributed by atoms with E-state index in [-0.39, 0.29) is 0 Å². The van der Waals surface area contributed by atoms with Crippen molar-refractivity contribution < 1.29 is 28.5 Å². The fourth-order valence-electron chi connectivity index (χ4n) is 2.47. The van der Waals surface area contributed by atoms with Gasteiger partial charge in [-0.1, -0.05) is 12.1 Å². The Kier molecular flexibility index (Phi) is 4.55. The number of ether oxygens (including phenoxy) is 4. The summed E-state index contributed by atoms with van der Waals surface area (Å²) in [6, 6.07) is 8.61. The monoisotopic (exact) mass is 316 g/mol. The van der Waals surface area contributed by atoms with E-state index in [0.717, 1.165) is 5.39 Å². The van der Waals surface area contributed by atoms with E-state index in [1.165, 1.54) is 0 Å². The predicted octanol–water partition coefficient (Wildman–Crippen LogP) is 2.19. The molecule has 3 rings (SSSR count). The van der Waals surface area contributed by atoms with Gasteiger partial charge in [-0.15, -0.1) is 0 Å². The Morgan fingerprint density at radius 2 is 1.74 bits per heavy atom. The molecule has 2 aromatic rings. The Bertz CT molecular complexity index is 752. The van der Waals surface area contributed by atoms with E-state index in [0.29, 0.717) is 48.7 Å². The van der Waals surface area contributed by atoms with Gasteiger partial charge in [0.1, 0.15) is 12.4 Å². The first-order chi connectivity index (χ1) is 11.2. The maximum absolute atomic E-state index is 11.9. The molecular formula is C17H16O6. The van der Waals surface area contributed by atoms with Crippen LogP contribution in [0.3, 0.4) is 0 Å². The highest BCUT2D eigenvalue weighted by molar-refractivity contribution is 6.21. The summed E-state index contributed by atoms with van der Waals surface area (Å²) in [5, 5.41) is 1.37. The summed E-state index contributed by atoms with van der Waals surface area (Å²) in [7, 11) is 1.61. The van der Waals surface area contributed by atoms with Gasteiger partial charge in [-0.05, 0) is 23.6 Å². The Morgan fingerprint density at radius 3 is 2.57 bits per heavy atom. The van der Waals surface area contributed by atoms with Crippen LogP contribution < -0.4 is 4.74 Å². The van der Waals surface area contributed by atoms with Crippen LogP contribution in [0.1, 0.15) is 20.7 Å². The third kappa shape index (κ3) is 3.18. The minimum absolute atomic E-state index is 0.341. The highest BCUT2D eigenvalue weighted by Crippen LogP contribution is 2.32. The lowest BCUT2D eigenvalue weighted by molar-refractivity contribution is 0.0390. The summed E-state index contributed by atoms with van der Waals surface area (Å²) in [6.07, 6.45) is 0. The number of carbonyl (C=O) groups excluding carboxylic acids is 2. The molecule has 0 aromatic heterocycles. The standard InChI is InChI=1S/C17H16O6/c1-20-5-6-21-7-8-22-12-9-11-3-2-4-13-15(11)14(10-12)17(19)23-16(13)18/h2-4,9-10H,5-8H2,1H3. The van der Waals surface area contributed by atoms with Crippen molar-refractivity contribution in [2.45, 2.75) is 0 Å².